The first-order valence-electron chi connectivity index (χ1n) is 10.2. The summed E-state index contributed by atoms with van der Waals surface area (Å²) in [6.45, 7) is 2.92. The van der Waals surface area contributed by atoms with Crippen LogP contribution in [0, 0.1) is 18.7 Å². The predicted molar refractivity (Wildman–Crippen MR) is 119 cm³/mol. The van der Waals surface area contributed by atoms with Crippen LogP contribution in [0.4, 0.5) is 10.2 Å². The average Bonchev–Trinajstić information content (AvgIpc) is 3.15. The molecule has 1 saturated heterocycles. The van der Waals surface area contributed by atoms with Crippen LogP contribution < -0.4 is 5.32 Å². The zero-order chi connectivity index (χ0) is 22.0. The number of piperidine rings is 1. The van der Waals surface area contributed by atoms with Gasteiger partial charge in [0.2, 0.25) is 5.91 Å². The molecule has 0 radical (unpaired) electrons. The summed E-state index contributed by atoms with van der Waals surface area (Å²) in [5.74, 6) is -0.464. The van der Waals surface area contributed by atoms with E-state index >= 15 is 0 Å². The predicted octanol–water partition coefficient (Wildman–Crippen LogP) is 4.38. The van der Waals surface area contributed by atoms with Crippen molar-refractivity contribution in [3.63, 3.8) is 0 Å². The normalized spacial score (nSPS) is 16.5. The number of hydrogen-bond donors (Lipinski definition) is 1. The van der Waals surface area contributed by atoms with Crippen LogP contribution in [-0.2, 0) is 16.1 Å². The van der Waals surface area contributed by atoms with Crippen LogP contribution >= 0.6 is 11.3 Å². The minimum absolute atomic E-state index is 0.140. The second-order valence-electron chi connectivity index (χ2n) is 7.70. The number of nitrogens with one attached hydrogen (secondary N) is 1. The van der Waals surface area contributed by atoms with Gasteiger partial charge in [-0.05, 0) is 43.5 Å². The number of rotatable bonds is 5. The van der Waals surface area contributed by atoms with E-state index in [9.17, 15) is 14.0 Å². The minimum Gasteiger partial charge on any atom is -0.380 e. The number of methoxy groups -OCH3 is 1. The molecule has 1 atom stereocenters. The van der Waals surface area contributed by atoms with E-state index in [0.717, 1.165) is 12.0 Å². The molecule has 31 heavy (non-hydrogen) atoms. The number of aryl methyl sites for hydroxylation is 1. The zero-order valence-corrected chi connectivity index (χ0v) is 18.3. The Morgan fingerprint density at radius 1 is 1.32 bits per heavy atom. The van der Waals surface area contributed by atoms with Crippen LogP contribution in [0.15, 0.2) is 36.5 Å². The Hall–Kier alpha value is -2.84. The van der Waals surface area contributed by atoms with Crippen LogP contribution in [0.1, 0.15) is 33.6 Å². The molecule has 1 aliphatic heterocycles. The lowest BCUT2D eigenvalue weighted by Gasteiger charge is -2.32. The first kappa shape index (κ1) is 21.4. The monoisotopic (exact) mass is 441 g/mol. The number of nitrogens with zero attached hydrogens (tertiary/aromatic N) is 2. The molecule has 0 saturated carbocycles. The molecule has 0 bridgehead atoms. The number of pyridine rings is 1. The summed E-state index contributed by atoms with van der Waals surface area (Å²) in [6.07, 6.45) is 3.06. The van der Waals surface area contributed by atoms with Crippen molar-refractivity contribution in [1.82, 2.24) is 9.88 Å². The van der Waals surface area contributed by atoms with Gasteiger partial charge in [-0.2, -0.15) is 0 Å². The van der Waals surface area contributed by atoms with E-state index in [4.69, 9.17) is 4.74 Å². The Balaban J connectivity index is 1.55. The average molecular weight is 442 g/mol. The van der Waals surface area contributed by atoms with Gasteiger partial charge < -0.3 is 15.0 Å². The number of halogens is 1. The number of thiophene rings is 1. The third-order valence-corrected chi connectivity index (χ3v) is 6.76. The van der Waals surface area contributed by atoms with Gasteiger partial charge >= 0.3 is 0 Å². The summed E-state index contributed by atoms with van der Waals surface area (Å²) in [5, 5.41) is 3.32. The third kappa shape index (κ3) is 4.31. The Morgan fingerprint density at radius 3 is 2.94 bits per heavy atom. The summed E-state index contributed by atoms with van der Waals surface area (Å²) < 4.78 is 20.4. The Labute approximate surface area is 184 Å². The molecule has 1 aromatic carbocycles. The molecule has 2 amide bonds. The van der Waals surface area contributed by atoms with Crippen molar-refractivity contribution in [2.45, 2.75) is 26.4 Å². The van der Waals surface area contributed by atoms with E-state index in [0.29, 0.717) is 45.9 Å². The highest BCUT2D eigenvalue weighted by molar-refractivity contribution is 7.21. The molecule has 1 fully saturated rings. The topological polar surface area (TPSA) is 71.5 Å². The third-order valence-electron chi connectivity index (χ3n) is 5.58. The van der Waals surface area contributed by atoms with Crippen molar-refractivity contribution >= 4 is 39.1 Å². The van der Waals surface area contributed by atoms with Gasteiger partial charge in [0.25, 0.3) is 5.91 Å². The lowest BCUT2D eigenvalue weighted by Crippen LogP contribution is -2.43. The van der Waals surface area contributed by atoms with E-state index in [1.165, 1.54) is 24.5 Å². The van der Waals surface area contributed by atoms with E-state index in [2.05, 4.69) is 10.3 Å². The standard InChI is InChI=1S/C23H24FN3O3S/c1-14-6-4-10-25-21(14)26-22(28)15-7-5-11-27(12-15)23(29)20-16(13-30-2)19-17(24)8-3-9-18(19)31-20/h3-4,6,8-10,15H,5,7,11-13H2,1-2H3,(H,25,26,28). The van der Waals surface area contributed by atoms with Crippen molar-refractivity contribution < 1.29 is 18.7 Å². The maximum Gasteiger partial charge on any atom is 0.264 e. The minimum atomic E-state index is -0.360. The summed E-state index contributed by atoms with van der Waals surface area (Å²) in [4.78, 5) is 32.6. The number of fused-ring (bicyclic) bond motifs is 1. The summed E-state index contributed by atoms with van der Waals surface area (Å²) in [5.41, 5.74) is 1.46. The van der Waals surface area contributed by atoms with Gasteiger partial charge in [-0.3, -0.25) is 9.59 Å². The second-order valence-corrected chi connectivity index (χ2v) is 8.76. The van der Waals surface area contributed by atoms with Gasteiger partial charge in [0.15, 0.2) is 0 Å². The van der Waals surface area contributed by atoms with Crippen LogP contribution in [0.5, 0.6) is 0 Å². The van der Waals surface area contributed by atoms with Crippen molar-refractivity contribution in [3.8, 4) is 0 Å². The van der Waals surface area contributed by atoms with Gasteiger partial charge in [-0.15, -0.1) is 11.3 Å². The first-order valence-corrected chi connectivity index (χ1v) is 11.0. The number of ether oxygens (including phenoxy) is 1. The SMILES string of the molecule is COCc1c(C(=O)N2CCCC(C(=O)Nc3ncccc3C)C2)sc2cccc(F)c12. The van der Waals surface area contributed by atoms with Crippen molar-refractivity contribution in [2.24, 2.45) is 5.92 Å². The van der Waals surface area contributed by atoms with Crippen molar-refractivity contribution in [1.29, 1.82) is 0 Å². The quantitative estimate of drug-likeness (QED) is 0.638. The maximum absolute atomic E-state index is 14.5. The molecule has 0 aliphatic carbocycles. The molecular weight excluding hydrogens is 417 g/mol. The summed E-state index contributed by atoms with van der Waals surface area (Å²) in [6, 6.07) is 8.54. The number of carbonyl (C=O) groups is 2. The fraction of sp³-hybridized carbons (Fsp3) is 0.348. The highest BCUT2D eigenvalue weighted by Crippen LogP contribution is 2.35. The van der Waals surface area contributed by atoms with Gasteiger partial charge in [0, 0.05) is 42.0 Å². The smallest absolute Gasteiger partial charge is 0.264 e. The maximum atomic E-state index is 14.5. The molecule has 2 aromatic heterocycles. The lowest BCUT2D eigenvalue weighted by molar-refractivity contribution is -0.121. The highest BCUT2D eigenvalue weighted by Gasteiger charge is 2.31. The fourth-order valence-electron chi connectivity index (χ4n) is 3.98. The molecule has 6 nitrogen and oxygen atoms in total. The van der Waals surface area contributed by atoms with Crippen LogP contribution in [0.25, 0.3) is 10.1 Å². The molecule has 0 spiro atoms. The van der Waals surface area contributed by atoms with Gasteiger partial charge in [0.05, 0.1) is 17.4 Å². The number of amides is 2. The van der Waals surface area contributed by atoms with Gasteiger partial charge in [-0.25, -0.2) is 9.37 Å². The molecule has 1 aliphatic rings. The molecule has 162 valence electrons. The summed E-state index contributed by atoms with van der Waals surface area (Å²) in [7, 11) is 1.53. The van der Waals surface area contributed by atoms with E-state index < -0.39 is 0 Å². The highest BCUT2D eigenvalue weighted by atomic mass is 32.1. The van der Waals surface area contributed by atoms with Gasteiger partial charge in [-0.1, -0.05) is 12.1 Å². The summed E-state index contributed by atoms with van der Waals surface area (Å²) >= 11 is 1.27. The fourth-order valence-corrected chi connectivity index (χ4v) is 5.17. The molecular formula is C23H24FN3O3S. The Bertz CT molecular complexity index is 1130. The number of aromatic nitrogens is 1. The van der Waals surface area contributed by atoms with Crippen molar-refractivity contribution in [3.05, 3.63) is 58.3 Å². The number of carbonyl (C=O) groups excluding carboxylic acids is 2. The van der Waals surface area contributed by atoms with E-state index in [-0.39, 0.29) is 30.2 Å². The molecule has 1 unspecified atom stereocenters. The largest absolute Gasteiger partial charge is 0.380 e. The number of benzene rings is 1. The Kier molecular flexibility index (Phi) is 6.29. The molecule has 1 N–H and O–H groups in total. The van der Waals surface area contributed by atoms with Crippen molar-refractivity contribution in [2.75, 3.05) is 25.5 Å². The zero-order valence-electron chi connectivity index (χ0n) is 17.5. The molecule has 8 heteroatoms. The Morgan fingerprint density at radius 2 is 2.16 bits per heavy atom. The van der Waals surface area contributed by atoms with Crippen LogP contribution in [-0.4, -0.2) is 41.9 Å². The van der Waals surface area contributed by atoms with E-state index in [1.54, 1.807) is 23.2 Å². The number of hydrogen-bond acceptors (Lipinski definition) is 5. The van der Waals surface area contributed by atoms with E-state index in [1.807, 2.05) is 19.1 Å². The first-order chi connectivity index (χ1) is 15.0. The van der Waals surface area contributed by atoms with Crippen LogP contribution in [0.2, 0.25) is 0 Å². The second kappa shape index (κ2) is 9.11. The number of anilines is 1. The molecule has 3 heterocycles. The lowest BCUT2D eigenvalue weighted by atomic mass is 9.96. The number of likely N-dealkylation sites (tertiary alicyclic amines) is 1. The molecule has 4 rings (SSSR count). The van der Waals surface area contributed by atoms with Gasteiger partial charge in [0.1, 0.15) is 11.6 Å². The van der Waals surface area contributed by atoms with Crippen LogP contribution in [0.3, 0.4) is 0 Å². The molecule has 3 aromatic rings.